The second-order valence-electron chi connectivity index (χ2n) is 6.62. The first-order chi connectivity index (χ1) is 12.8. The number of nitrogens with zero attached hydrogens (tertiary/aromatic N) is 1. The van der Waals surface area contributed by atoms with E-state index in [1.54, 1.807) is 0 Å². The molecule has 0 amide bonds. The average Bonchev–Trinajstić information content (AvgIpc) is 2.69. The lowest BCUT2D eigenvalue weighted by atomic mass is 9.77. The normalized spacial score (nSPS) is 21.2. The fraction of sp³-hybridized carbons (Fsp3) is 0.174. The molecule has 0 saturated heterocycles. The van der Waals surface area contributed by atoms with Crippen LogP contribution in [-0.2, 0) is 4.74 Å². The van der Waals surface area contributed by atoms with Crippen LogP contribution in [0.2, 0.25) is 0 Å². The van der Waals surface area contributed by atoms with Gasteiger partial charge in [-0.2, -0.15) is 5.26 Å². The minimum atomic E-state index is -0.121. The van der Waals surface area contributed by atoms with E-state index in [-0.39, 0.29) is 11.8 Å². The third-order valence-corrected chi connectivity index (χ3v) is 4.98. The topological polar surface area (TPSA) is 59.0 Å². The molecule has 1 atom stereocenters. The van der Waals surface area contributed by atoms with Gasteiger partial charge in [-0.25, -0.2) is 0 Å². The molecular weight excluding hydrogens is 320 g/mol. The van der Waals surface area contributed by atoms with Crippen LogP contribution in [0.1, 0.15) is 36.3 Å². The molecule has 2 N–H and O–H groups in total. The Balaban J connectivity index is 1.84. The number of hydrogen-bond donors (Lipinski definition) is 1. The molecule has 2 aromatic rings. The highest BCUT2D eigenvalue weighted by Crippen LogP contribution is 2.46. The number of allylic oxidation sites excluding steroid dienone is 3. The molecule has 0 fully saturated rings. The molecule has 1 aliphatic carbocycles. The summed E-state index contributed by atoms with van der Waals surface area (Å²) < 4.78 is 5.98. The van der Waals surface area contributed by atoms with Gasteiger partial charge in [-0.05, 0) is 47.6 Å². The van der Waals surface area contributed by atoms with Crippen molar-refractivity contribution in [2.45, 2.75) is 25.2 Å². The van der Waals surface area contributed by atoms with Gasteiger partial charge in [0.25, 0.3) is 0 Å². The zero-order chi connectivity index (χ0) is 17.9. The van der Waals surface area contributed by atoms with Crippen LogP contribution in [0.25, 0.3) is 6.08 Å². The van der Waals surface area contributed by atoms with Crippen molar-refractivity contribution in [2.24, 2.45) is 5.73 Å². The Labute approximate surface area is 153 Å². The Kier molecular flexibility index (Phi) is 4.33. The van der Waals surface area contributed by atoms with Crippen molar-refractivity contribution >= 4 is 6.08 Å². The van der Waals surface area contributed by atoms with Gasteiger partial charge in [-0.15, -0.1) is 0 Å². The van der Waals surface area contributed by atoms with Crippen molar-refractivity contribution < 1.29 is 4.74 Å². The highest BCUT2D eigenvalue weighted by Gasteiger charge is 2.35. The highest BCUT2D eigenvalue weighted by molar-refractivity contribution is 5.62. The van der Waals surface area contributed by atoms with Gasteiger partial charge in [0.2, 0.25) is 5.88 Å². The van der Waals surface area contributed by atoms with Gasteiger partial charge in [0.05, 0.1) is 0 Å². The van der Waals surface area contributed by atoms with Crippen LogP contribution in [0.3, 0.4) is 0 Å². The van der Waals surface area contributed by atoms with Crippen molar-refractivity contribution in [3.05, 3.63) is 100 Å². The minimum Gasteiger partial charge on any atom is -0.440 e. The number of ether oxygens (including phenoxy) is 1. The summed E-state index contributed by atoms with van der Waals surface area (Å²) in [4.78, 5) is 0. The monoisotopic (exact) mass is 340 g/mol. The molecule has 0 spiro atoms. The Morgan fingerprint density at radius 2 is 1.69 bits per heavy atom. The van der Waals surface area contributed by atoms with Crippen molar-refractivity contribution in [2.75, 3.05) is 0 Å². The summed E-state index contributed by atoms with van der Waals surface area (Å²) in [6.45, 7) is 0. The van der Waals surface area contributed by atoms with Crippen LogP contribution < -0.4 is 5.73 Å². The van der Waals surface area contributed by atoms with Crippen molar-refractivity contribution in [3.63, 3.8) is 0 Å². The summed E-state index contributed by atoms with van der Waals surface area (Å²) in [5, 5.41) is 9.68. The molecule has 3 nitrogen and oxygen atoms in total. The smallest absolute Gasteiger partial charge is 0.205 e. The third-order valence-electron chi connectivity index (χ3n) is 4.98. The molecule has 0 bridgehead atoms. The molecule has 128 valence electrons. The van der Waals surface area contributed by atoms with Gasteiger partial charge in [-0.1, -0.05) is 60.7 Å². The maximum Gasteiger partial charge on any atom is 0.205 e. The van der Waals surface area contributed by atoms with Gasteiger partial charge in [0.1, 0.15) is 17.4 Å². The summed E-state index contributed by atoms with van der Waals surface area (Å²) in [5.41, 5.74) is 11.2. The molecule has 0 radical (unpaired) electrons. The minimum absolute atomic E-state index is 0.121. The van der Waals surface area contributed by atoms with Crippen molar-refractivity contribution in [3.8, 4) is 6.07 Å². The molecule has 2 aliphatic rings. The average molecular weight is 340 g/mol. The number of benzene rings is 2. The van der Waals surface area contributed by atoms with E-state index >= 15 is 0 Å². The molecule has 2 aromatic carbocycles. The molecule has 1 aliphatic heterocycles. The Morgan fingerprint density at radius 1 is 1.00 bits per heavy atom. The summed E-state index contributed by atoms with van der Waals surface area (Å²) in [7, 11) is 0. The predicted octanol–water partition coefficient (Wildman–Crippen LogP) is 5.02. The first-order valence-electron chi connectivity index (χ1n) is 8.89. The van der Waals surface area contributed by atoms with Gasteiger partial charge in [0, 0.05) is 5.92 Å². The first-order valence-corrected chi connectivity index (χ1v) is 8.89. The molecule has 1 unspecified atom stereocenters. The molecule has 0 saturated carbocycles. The van der Waals surface area contributed by atoms with Crippen LogP contribution >= 0.6 is 0 Å². The van der Waals surface area contributed by atoms with E-state index in [2.05, 4.69) is 36.4 Å². The molecule has 1 heterocycles. The molecule has 3 heteroatoms. The third kappa shape index (κ3) is 2.91. The van der Waals surface area contributed by atoms with Crippen LogP contribution in [0, 0.1) is 11.3 Å². The lowest BCUT2D eigenvalue weighted by Crippen LogP contribution is -2.23. The lowest BCUT2D eigenvalue weighted by molar-refractivity contribution is 0.277. The van der Waals surface area contributed by atoms with Crippen LogP contribution in [0.5, 0.6) is 0 Å². The largest absolute Gasteiger partial charge is 0.440 e. The Bertz CT molecular complexity index is 947. The zero-order valence-electron chi connectivity index (χ0n) is 14.5. The summed E-state index contributed by atoms with van der Waals surface area (Å²) >= 11 is 0. The van der Waals surface area contributed by atoms with E-state index in [0.29, 0.717) is 5.57 Å². The van der Waals surface area contributed by atoms with Crippen molar-refractivity contribution in [1.29, 1.82) is 5.26 Å². The summed E-state index contributed by atoms with van der Waals surface area (Å²) in [6.07, 6.45) is 5.08. The maximum atomic E-state index is 9.68. The maximum absolute atomic E-state index is 9.68. The predicted molar refractivity (Wildman–Crippen MR) is 102 cm³/mol. The quantitative estimate of drug-likeness (QED) is 0.835. The van der Waals surface area contributed by atoms with Crippen molar-refractivity contribution in [1.82, 2.24) is 0 Å². The van der Waals surface area contributed by atoms with E-state index < -0.39 is 0 Å². The summed E-state index contributed by atoms with van der Waals surface area (Å²) in [5.74, 6) is 0.954. The molecule has 26 heavy (non-hydrogen) atoms. The first kappa shape index (κ1) is 16.2. The fourth-order valence-electron chi connectivity index (χ4n) is 3.81. The number of hydrogen-bond acceptors (Lipinski definition) is 3. The molecular formula is C23H20N2O. The SMILES string of the molecule is N#CC1=C(N)OC2=C(CCC/C2=C\c2ccccc2)C1c1ccccc1. The van der Waals surface area contributed by atoms with Crippen LogP contribution in [0.4, 0.5) is 0 Å². The van der Waals surface area contributed by atoms with Gasteiger partial charge >= 0.3 is 0 Å². The van der Waals surface area contributed by atoms with E-state index in [4.69, 9.17) is 10.5 Å². The second-order valence-corrected chi connectivity index (χ2v) is 6.62. The van der Waals surface area contributed by atoms with Crippen LogP contribution in [0.15, 0.2) is 89.0 Å². The van der Waals surface area contributed by atoms with Gasteiger partial charge in [0.15, 0.2) is 0 Å². The molecule has 4 rings (SSSR count). The fourth-order valence-corrected chi connectivity index (χ4v) is 3.81. The van der Waals surface area contributed by atoms with Gasteiger partial charge < -0.3 is 10.5 Å². The molecule has 0 aromatic heterocycles. The van der Waals surface area contributed by atoms with Crippen LogP contribution in [-0.4, -0.2) is 0 Å². The second kappa shape index (κ2) is 6.93. The number of nitrogens with two attached hydrogens (primary N) is 1. The number of rotatable bonds is 2. The lowest BCUT2D eigenvalue weighted by Gasteiger charge is -2.33. The van der Waals surface area contributed by atoms with E-state index in [1.807, 2.05) is 36.4 Å². The Hall–Kier alpha value is -3.25. The van der Waals surface area contributed by atoms with E-state index in [9.17, 15) is 5.26 Å². The van der Waals surface area contributed by atoms with E-state index in [1.165, 1.54) is 0 Å². The standard InChI is InChI=1S/C23H20N2O/c24-15-20-21(17-10-5-2-6-11-17)19-13-7-12-18(22(19)26-23(20)25)14-16-8-3-1-4-9-16/h1-6,8-11,14,21H,7,12-13,25H2/b18-14+. The van der Waals surface area contributed by atoms with Gasteiger partial charge in [-0.3, -0.25) is 0 Å². The zero-order valence-corrected chi connectivity index (χ0v) is 14.5. The summed E-state index contributed by atoms with van der Waals surface area (Å²) in [6, 6.07) is 22.6. The number of nitriles is 1. The van der Waals surface area contributed by atoms with E-state index in [0.717, 1.165) is 47.3 Å². The highest BCUT2D eigenvalue weighted by atomic mass is 16.5. The Morgan fingerprint density at radius 3 is 2.38 bits per heavy atom.